The van der Waals surface area contributed by atoms with Crippen LogP contribution < -0.4 is 5.32 Å². The molecule has 0 unspecified atom stereocenters. The smallest absolute Gasteiger partial charge is 0.310 e. The van der Waals surface area contributed by atoms with Crippen LogP contribution in [0.5, 0.6) is 0 Å². The van der Waals surface area contributed by atoms with Crippen molar-refractivity contribution < 1.29 is 9.53 Å². The number of nitrogens with one attached hydrogen (secondary N) is 1. The van der Waals surface area contributed by atoms with Gasteiger partial charge in [0, 0.05) is 25.0 Å². The van der Waals surface area contributed by atoms with Crippen molar-refractivity contribution in [2.24, 2.45) is 10.9 Å². The molecule has 1 aromatic heterocycles. The molecule has 8 heteroatoms. The number of thiazole rings is 1. The summed E-state index contributed by atoms with van der Waals surface area (Å²) in [5.74, 6) is 0.681. The molecule has 6 nitrogen and oxygen atoms in total. The van der Waals surface area contributed by atoms with Gasteiger partial charge in [-0.25, -0.2) is 4.98 Å². The molecule has 1 fully saturated rings. The second-order valence-electron chi connectivity index (χ2n) is 5.68. The lowest BCUT2D eigenvalue weighted by atomic mass is 9.98. The molecule has 136 valence electrons. The Balaban J connectivity index is 0.00000288. The molecule has 0 aromatic carbocycles. The maximum absolute atomic E-state index is 12.0. The first-order valence-electron chi connectivity index (χ1n) is 8.10. The van der Waals surface area contributed by atoms with Crippen molar-refractivity contribution in [1.29, 1.82) is 0 Å². The fraction of sp³-hybridized carbons (Fsp3) is 0.688. The summed E-state index contributed by atoms with van der Waals surface area (Å²) >= 11 is 1.70. The number of esters is 1. The molecule has 0 saturated carbocycles. The van der Waals surface area contributed by atoms with Crippen LogP contribution in [-0.4, -0.2) is 48.6 Å². The van der Waals surface area contributed by atoms with Gasteiger partial charge in [-0.15, -0.1) is 35.3 Å². The molecule has 0 amide bonds. The van der Waals surface area contributed by atoms with Crippen LogP contribution in [-0.2, 0) is 16.1 Å². The maximum Gasteiger partial charge on any atom is 0.310 e. The Morgan fingerprint density at radius 2 is 2.25 bits per heavy atom. The van der Waals surface area contributed by atoms with Gasteiger partial charge in [-0.3, -0.25) is 9.79 Å². The molecule has 1 aliphatic rings. The van der Waals surface area contributed by atoms with Gasteiger partial charge in [-0.05, 0) is 33.6 Å². The monoisotopic (exact) mass is 466 g/mol. The minimum Gasteiger partial charge on any atom is -0.466 e. The minimum atomic E-state index is -0.0958. The second kappa shape index (κ2) is 10.2. The van der Waals surface area contributed by atoms with Gasteiger partial charge in [0.2, 0.25) is 0 Å². The number of piperidine rings is 1. The minimum absolute atomic E-state index is 0. The number of aryl methyl sites for hydroxylation is 2. The molecule has 1 atom stereocenters. The van der Waals surface area contributed by atoms with E-state index in [0.717, 1.165) is 36.0 Å². The van der Waals surface area contributed by atoms with Crippen molar-refractivity contribution in [3.63, 3.8) is 0 Å². The zero-order valence-corrected chi connectivity index (χ0v) is 17.9. The number of carbonyl (C=O) groups is 1. The van der Waals surface area contributed by atoms with Crippen molar-refractivity contribution >= 4 is 47.2 Å². The molecule has 0 aliphatic carbocycles. The van der Waals surface area contributed by atoms with Crippen LogP contribution in [0.4, 0.5) is 0 Å². The van der Waals surface area contributed by atoms with Crippen molar-refractivity contribution in [2.75, 3.05) is 26.7 Å². The average molecular weight is 466 g/mol. The van der Waals surface area contributed by atoms with Gasteiger partial charge in [0.15, 0.2) is 5.96 Å². The first kappa shape index (κ1) is 21.1. The number of aromatic nitrogens is 1. The number of halogens is 1. The molecule has 1 N–H and O–H groups in total. The van der Waals surface area contributed by atoms with Crippen molar-refractivity contribution in [3.8, 4) is 0 Å². The Morgan fingerprint density at radius 3 is 2.83 bits per heavy atom. The summed E-state index contributed by atoms with van der Waals surface area (Å²) < 4.78 is 5.16. The van der Waals surface area contributed by atoms with E-state index in [1.807, 2.05) is 20.8 Å². The number of hydrogen-bond donors (Lipinski definition) is 1. The summed E-state index contributed by atoms with van der Waals surface area (Å²) in [6.07, 6.45) is 1.86. The Labute approximate surface area is 165 Å². The van der Waals surface area contributed by atoms with Crippen LogP contribution in [0.3, 0.4) is 0 Å². The van der Waals surface area contributed by atoms with Crippen LogP contribution in [0.1, 0.15) is 35.3 Å². The lowest BCUT2D eigenvalue weighted by molar-refractivity contribution is -0.149. The number of hydrogen-bond acceptors (Lipinski definition) is 5. The molecule has 1 aromatic rings. The molecule has 0 radical (unpaired) electrons. The van der Waals surface area contributed by atoms with Gasteiger partial charge >= 0.3 is 5.97 Å². The van der Waals surface area contributed by atoms with Crippen LogP contribution in [0.15, 0.2) is 4.99 Å². The highest BCUT2D eigenvalue weighted by molar-refractivity contribution is 14.0. The summed E-state index contributed by atoms with van der Waals surface area (Å²) in [7, 11) is 1.78. The molecular weight excluding hydrogens is 439 g/mol. The highest BCUT2D eigenvalue weighted by Gasteiger charge is 2.28. The van der Waals surface area contributed by atoms with Gasteiger partial charge in [0.25, 0.3) is 0 Å². The summed E-state index contributed by atoms with van der Waals surface area (Å²) in [6, 6.07) is 0. The quantitative estimate of drug-likeness (QED) is 0.320. The Morgan fingerprint density at radius 1 is 1.50 bits per heavy atom. The largest absolute Gasteiger partial charge is 0.466 e. The number of likely N-dealkylation sites (tertiary alicyclic amines) is 1. The SMILES string of the molecule is CCOC(=O)[C@@H]1CCCN(C(=NC)NCc2sc(C)nc2C)C1.I. The van der Waals surface area contributed by atoms with Gasteiger partial charge in [-0.2, -0.15) is 0 Å². The third kappa shape index (κ3) is 5.58. The summed E-state index contributed by atoms with van der Waals surface area (Å²) in [5, 5.41) is 4.47. The van der Waals surface area contributed by atoms with Gasteiger partial charge in [0.1, 0.15) is 0 Å². The number of carbonyl (C=O) groups excluding carboxylic acids is 1. The third-order valence-electron chi connectivity index (χ3n) is 3.96. The van der Waals surface area contributed by atoms with Gasteiger partial charge in [-0.1, -0.05) is 0 Å². The zero-order valence-electron chi connectivity index (χ0n) is 14.8. The first-order chi connectivity index (χ1) is 11.0. The summed E-state index contributed by atoms with van der Waals surface area (Å²) in [6.45, 7) is 8.62. The molecule has 0 spiro atoms. The standard InChI is InChI=1S/C16H26N4O2S.HI/c1-5-22-15(21)13-7-6-8-20(10-13)16(17-4)18-9-14-11(2)19-12(3)23-14;/h13H,5-10H2,1-4H3,(H,17,18);1H/t13-;/m1./s1. The second-order valence-corrected chi connectivity index (χ2v) is 6.97. The van der Waals surface area contributed by atoms with E-state index in [4.69, 9.17) is 4.74 Å². The van der Waals surface area contributed by atoms with E-state index in [-0.39, 0.29) is 35.9 Å². The first-order valence-corrected chi connectivity index (χ1v) is 8.92. The van der Waals surface area contributed by atoms with Crippen molar-refractivity contribution in [1.82, 2.24) is 15.2 Å². The average Bonchev–Trinajstić information content (AvgIpc) is 2.86. The van der Waals surface area contributed by atoms with Gasteiger partial charge < -0.3 is 15.0 Å². The Kier molecular flexibility index (Phi) is 8.96. The molecule has 1 aliphatic heterocycles. The maximum atomic E-state index is 12.0. The number of rotatable bonds is 4. The number of ether oxygens (including phenoxy) is 1. The van der Waals surface area contributed by atoms with Crippen LogP contribution in [0.25, 0.3) is 0 Å². The van der Waals surface area contributed by atoms with E-state index in [2.05, 4.69) is 20.2 Å². The molecule has 1 saturated heterocycles. The van der Waals surface area contributed by atoms with Crippen LogP contribution in [0, 0.1) is 19.8 Å². The highest BCUT2D eigenvalue weighted by atomic mass is 127. The van der Waals surface area contributed by atoms with E-state index >= 15 is 0 Å². The van der Waals surface area contributed by atoms with Crippen molar-refractivity contribution in [2.45, 2.75) is 40.2 Å². The fourth-order valence-corrected chi connectivity index (χ4v) is 3.73. The third-order valence-corrected chi connectivity index (χ3v) is 5.03. The predicted octanol–water partition coefficient (Wildman–Crippen LogP) is 2.73. The van der Waals surface area contributed by atoms with Crippen molar-refractivity contribution in [3.05, 3.63) is 15.6 Å². The van der Waals surface area contributed by atoms with Gasteiger partial charge in [0.05, 0.1) is 29.8 Å². The molecule has 2 heterocycles. The number of guanidine groups is 1. The number of nitrogens with zero attached hydrogens (tertiary/aromatic N) is 3. The highest BCUT2D eigenvalue weighted by Crippen LogP contribution is 2.19. The predicted molar refractivity (Wildman–Crippen MR) is 108 cm³/mol. The summed E-state index contributed by atoms with van der Waals surface area (Å²) in [5.41, 5.74) is 1.07. The van der Waals surface area contributed by atoms with E-state index in [1.165, 1.54) is 4.88 Å². The molecule has 24 heavy (non-hydrogen) atoms. The molecule has 0 bridgehead atoms. The topological polar surface area (TPSA) is 66.8 Å². The molecular formula is C16H27IN4O2S. The number of aliphatic imine (C=N–C) groups is 1. The van der Waals surface area contributed by atoms with E-state index in [1.54, 1.807) is 18.4 Å². The lowest BCUT2D eigenvalue weighted by Gasteiger charge is -2.33. The van der Waals surface area contributed by atoms with E-state index < -0.39 is 0 Å². The van der Waals surface area contributed by atoms with Crippen LogP contribution >= 0.6 is 35.3 Å². The normalized spacial score (nSPS) is 18.1. The Hall–Kier alpha value is -0.900. The van der Waals surface area contributed by atoms with Crippen LogP contribution in [0.2, 0.25) is 0 Å². The summed E-state index contributed by atoms with van der Waals surface area (Å²) in [4.78, 5) is 24.2. The lowest BCUT2D eigenvalue weighted by Crippen LogP contribution is -2.48. The van der Waals surface area contributed by atoms with E-state index in [0.29, 0.717) is 19.7 Å². The molecule has 2 rings (SSSR count). The Bertz CT molecular complexity index is 576. The van der Waals surface area contributed by atoms with E-state index in [9.17, 15) is 4.79 Å². The zero-order chi connectivity index (χ0) is 16.8. The fourth-order valence-electron chi connectivity index (χ4n) is 2.85.